The molecule has 0 aliphatic carbocycles. The minimum absolute atomic E-state index is 0.420. The molecule has 2 aromatic rings. The third kappa shape index (κ3) is 4.60. The van der Waals surface area contributed by atoms with Crippen LogP contribution >= 0.6 is 12.2 Å². The van der Waals surface area contributed by atoms with Crippen LogP contribution in [-0.2, 0) is 6.54 Å². The predicted octanol–water partition coefficient (Wildman–Crippen LogP) is 2.94. The average molecular weight is 361 g/mol. The van der Waals surface area contributed by atoms with Gasteiger partial charge in [0.25, 0.3) is 0 Å². The summed E-state index contributed by atoms with van der Waals surface area (Å²) in [5, 5.41) is 6.53. The third-order valence-corrected chi connectivity index (χ3v) is 4.47. The fourth-order valence-electron chi connectivity index (χ4n) is 2.89. The second kappa shape index (κ2) is 8.15. The van der Waals surface area contributed by atoms with Crippen LogP contribution in [0.15, 0.2) is 28.9 Å². The van der Waals surface area contributed by atoms with Gasteiger partial charge in [0.1, 0.15) is 11.6 Å². The van der Waals surface area contributed by atoms with E-state index in [1.54, 1.807) is 13.4 Å². The number of methoxy groups -OCH3 is 1. The van der Waals surface area contributed by atoms with Crippen molar-refractivity contribution in [3.8, 4) is 5.88 Å². The summed E-state index contributed by atoms with van der Waals surface area (Å²) in [4.78, 5) is 11.2. The van der Waals surface area contributed by atoms with Crippen LogP contribution in [0.1, 0.15) is 31.9 Å². The van der Waals surface area contributed by atoms with Gasteiger partial charge in [0.15, 0.2) is 5.11 Å². The average Bonchev–Trinajstić information content (AvgIpc) is 3.13. The van der Waals surface area contributed by atoms with Crippen molar-refractivity contribution in [3.63, 3.8) is 0 Å². The molecular weight excluding hydrogens is 338 g/mol. The molecule has 1 unspecified atom stereocenters. The molecule has 0 amide bonds. The standard InChI is InChI=1S/C17H23N5O2S/c1-12-6-3-4-8-22(12)14-10-15(23-2)20-16(19-14)21-17(25)18-11-13-7-5-9-24-13/h5,7,9-10,12H,3-4,6,8,11H2,1-2H3,(H2,18,19,20,21,25). The Morgan fingerprint density at radius 3 is 3.04 bits per heavy atom. The molecule has 1 aliphatic heterocycles. The summed E-state index contributed by atoms with van der Waals surface area (Å²) in [5.41, 5.74) is 0. The maximum absolute atomic E-state index is 5.33. The molecule has 134 valence electrons. The second-order valence-electron chi connectivity index (χ2n) is 6.02. The minimum Gasteiger partial charge on any atom is -0.481 e. The number of hydrogen-bond donors (Lipinski definition) is 2. The first-order chi connectivity index (χ1) is 12.2. The van der Waals surface area contributed by atoms with E-state index in [9.17, 15) is 0 Å². The summed E-state index contributed by atoms with van der Waals surface area (Å²) >= 11 is 5.31. The predicted molar refractivity (Wildman–Crippen MR) is 101 cm³/mol. The van der Waals surface area contributed by atoms with Crippen molar-refractivity contribution in [1.82, 2.24) is 15.3 Å². The molecule has 0 radical (unpaired) electrons. The van der Waals surface area contributed by atoms with Crippen LogP contribution in [-0.4, -0.2) is 34.8 Å². The normalized spacial score (nSPS) is 17.2. The highest BCUT2D eigenvalue weighted by Crippen LogP contribution is 2.26. The van der Waals surface area contributed by atoms with Gasteiger partial charge < -0.3 is 24.7 Å². The zero-order valence-corrected chi connectivity index (χ0v) is 15.3. The molecule has 2 aromatic heterocycles. The number of aromatic nitrogens is 2. The number of piperidine rings is 1. The number of anilines is 2. The lowest BCUT2D eigenvalue weighted by Crippen LogP contribution is -2.38. The van der Waals surface area contributed by atoms with Crippen LogP contribution in [0.5, 0.6) is 5.88 Å². The molecule has 1 fully saturated rings. The summed E-state index contributed by atoms with van der Waals surface area (Å²) in [5.74, 6) is 2.59. The number of thiocarbonyl (C=S) groups is 1. The van der Waals surface area contributed by atoms with Crippen LogP contribution in [0.2, 0.25) is 0 Å². The van der Waals surface area contributed by atoms with Gasteiger partial charge in [0, 0.05) is 18.7 Å². The molecule has 1 aliphatic rings. The molecule has 3 heterocycles. The number of hydrogen-bond acceptors (Lipinski definition) is 6. The molecule has 1 atom stereocenters. The van der Waals surface area contributed by atoms with E-state index in [1.807, 2.05) is 18.2 Å². The molecule has 2 N–H and O–H groups in total. The van der Waals surface area contributed by atoms with Crippen molar-refractivity contribution in [3.05, 3.63) is 30.2 Å². The third-order valence-electron chi connectivity index (χ3n) is 4.22. The topological polar surface area (TPSA) is 75.5 Å². The van der Waals surface area contributed by atoms with E-state index in [0.717, 1.165) is 24.5 Å². The Kier molecular flexibility index (Phi) is 5.70. The quantitative estimate of drug-likeness (QED) is 0.788. The van der Waals surface area contributed by atoms with E-state index in [-0.39, 0.29) is 0 Å². The van der Waals surface area contributed by atoms with Crippen LogP contribution < -0.4 is 20.3 Å². The van der Waals surface area contributed by atoms with E-state index in [2.05, 4.69) is 32.4 Å². The minimum atomic E-state index is 0.420. The van der Waals surface area contributed by atoms with Gasteiger partial charge in [-0.1, -0.05) is 0 Å². The highest BCUT2D eigenvalue weighted by Gasteiger charge is 2.21. The summed E-state index contributed by atoms with van der Waals surface area (Å²) in [6.07, 6.45) is 5.22. The monoisotopic (exact) mass is 361 g/mol. The van der Waals surface area contributed by atoms with Crippen molar-refractivity contribution in [2.24, 2.45) is 0 Å². The number of nitrogens with one attached hydrogen (secondary N) is 2. The van der Waals surface area contributed by atoms with Gasteiger partial charge in [0.2, 0.25) is 11.8 Å². The SMILES string of the molecule is COc1cc(N2CCCCC2C)nc(NC(=S)NCc2ccco2)n1. The Morgan fingerprint density at radius 1 is 1.44 bits per heavy atom. The number of furan rings is 1. The van der Waals surface area contributed by atoms with Gasteiger partial charge in [0.05, 0.1) is 19.9 Å². The first-order valence-electron chi connectivity index (χ1n) is 8.42. The van der Waals surface area contributed by atoms with Crippen molar-refractivity contribution in [1.29, 1.82) is 0 Å². The summed E-state index contributed by atoms with van der Waals surface area (Å²) in [6.45, 7) is 3.71. The van der Waals surface area contributed by atoms with Crippen molar-refractivity contribution >= 4 is 29.1 Å². The fraction of sp³-hybridized carbons (Fsp3) is 0.471. The summed E-state index contributed by atoms with van der Waals surface area (Å²) < 4.78 is 10.6. The zero-order chi connectivity index (χ0) is 17.6. The van der Waals surface area contributed by atoms with E-state index >= 15 is 0 Å². The van der Waals surface area contributed by atoms with E-state index in [0.29, 0.717) is 29.5 Å². The number of nitrogens with zero attached hydrogens (tertiary/aromatic N) is 3. The van der Waals surface area contributed by atoms with Crippen LogP contribution in [0, 0.1) is 0 Å². The molecule has 1 saturated heterocycles. The van der Waals surface area contributed by atoms with Crippen LogP contribution in [0.4, 0.5) is 11.8 Å². The Morgan fingerprint density at radius 2 is 2.32 bits per heavy atom. The Labute approximate surface area is 152 Å². The highest BCUT2D eigenvalue weighted by molar-refractivity contribution is 7.80. The Bertz CT molecular complexity index is 707. The first kappa shape index (κ1) is 17.5. The van der Waals surface area contributed by atoms with Gasteiger partial charge in [-0.3, -0.25) is 0 Å². The maximum atomic E-state index is 5.33. The largest absolute Gasteiger partial charge is 0.481 e. The molecule has 0 spiro atoms. The molecule has 0 bridgehead atoms. The summed E-state index contributed by atoms with van der Waals surface area (Å²) in [7, 11) is 1.60. The Balaban J connectivity index is 1.69. The lowest BCUT2D eigenvalue weighted by atomic mass is 10.0. The fourth-order valence-corrected chi connectivity index (χ4v) is 3.05. The van der Waals surface area contributed by atoms with Crippen molar-refractivity contribution < 1.29 is 9.15 Å². The first-order valence-corrected chi connectivity index (χ1v) is 8.83. The zero-order valence-electron chi connectivity index (χ0n) is 14.5. The lowest BCUT2D eigenvalue weighted by molar-refractivity contribution is 0.396. The van der Waals surface area contributed by atoms with Crippen LogP contribution in [0.3, 0.4) is 0 Å². The number of rotatable bonds is 5. The lowest BCUT2D eigenvalue weighted by Gasteiger charge is -2.34. The van der Waals surface area contributed by atoms with E-state index < -0.39 is 0 Å². The Hall–Kier alpha value is -2.35. The molecule has 0 aromatic carbocycles. The van der Waals surface area contributed by atoms with Crippen molar-refractivity contribution in [2.45, 2.75) is 38.8 Å². The van der Waals surface area contributed by atoms with E-state index in [1.165, 1.54) is 12.8 Å². The van der Waals surface area contributed by atoms with Crippen molar-refractivity contribution in [2.75, 3.05) is 23.9 Å². The molecule has 25 heavy (non-hydrogen) atoms. The van der Waals surface area contributed by atoms with Gasteiger partial charge in [-0.15, -0.1) is 0 Å². The molecular formula is C17H23N5O2S. The molecule has 8 heteroatoms. The van der Waals surface area contributed by atoms with Crippen LogP contribution in [0.25, 0.3) is 0 Å². The molecule has 0 saturated carbocycles. The van der Waals surface area contributed by atoms with Gasteiger partial charge >= 0.3 is 0 Å². The molecule has 3 rings (SSSR count). The number of ether oxygens (including phenoxy) is 1. The maximum Gasteiger partial charge on any atom is 0.234 e. The smallest absolute Gasteiger partial charge is 0.234 e. The van der Waals surface area contributed by atoms with E-state index in [4.69, 9.17) is 21.4 Å². The second-order valence-corrected chi connectivity index (χ2v) is 6.43. The van der Waals surface area contributed by atoms with Gasteiger partial charge in [-0.05, 0) is 50.5 Å². The molecule has 7 nitrogen and oxygen atoms in total. The van der Waals surface area contributed by atoms with Gasteiger partial charge in [-0.2, -0.15) is 9.97 Å². The van der Waals surface area contributed by atoms with Gasteiger partial charge in [-0.25, -0.2) is 0 Å². The highest BCUT2D eigenvalue weighted by atomic mass is 32.1. The summed E-state index contributed by atoms with van der Waals surface area (Å²) in [6, 6.07) is 6.04.